The van der Waals surface area contributed by atoms with Gasteiger partial charge < -0.3 is 4.74 Å². The van der Waals surface area contributed by atoms with Crippen molar-refractivity contribution in [3.05, 3.63) is 34.1 Å². The topological polar surface area (TPSA) is 52.4 Å². The molecule has 0 saturated heterocycles. The number of halogens is 1. The average Bonchev–Trinajstić information content (AvgIpc) is 2.26. The van der Waals surface area contributed by atoms with Gasteiger partial charge >= 0.3 is 0 Å². The van der Waals surface area contributed by atoms with Gasteiger partial charge in [0.15, 0.2) is 0 Å². The van der Waals surface area contributed by atoms with Crippen LogP contribution < -0.4 is 4.74 Å². The maximum atomic E-state index is 13.1. The summed E-state index contributed by atoms with van der Waals surface area (Å²) >= 11 is 0. The van der Waals surface area contributed by atoms with Gasteiger partial charge in [-0.25, -0.2) is 4.39 Å². The fraction of sp³-hybridized carbons (Fsp3) is 0.500. The van der Waals surface area contributed by atoms with Gasteiger partial charge in [-0.15, -0.1) is 0 Å². The van der Waals surface area contributed by atoms with Crippen LogP contribution in [0.15, 0.2) is 18.2 Å². The Balaban J connectivity index is 2.68. The van der Waals surface area contributed by atoms with E-state index in [1.54, 1.807) is 0 Å². The van der Waals surface area contributed by atoms with Gasteiger partial charge in [0.1, 0.15) is 11.6 Å². The highest BCUT2D eigenvalue weighted by Crippen LogP contribution is 2.22. The molecule has 0 bridgehead atoms. The highest BCUT2D eigenvalue weighted by molar-refractivity contribution is 5.38. The van der Waals surface area contributed by atoms with Crippen molar-refractivity contribution in [1.29, 1.82) is 0 Å². The van der Waals surface area contributed by atoms with Gasteiger partial charge in [0.2, 0.25) is 0 Å². The molecule has 17 heavy (non-hydrogen) atoms. The minimum Gasteiger partial charge on any atom is -0.493 e. The van der Waals surface area contributed by atoms with E-state index in [1.165, 1.54) is 6.07 Å². The van der Waals surface area contributed by atoms with Gasteiger partial charge in [-0.2, -0.15) is 0 Å². The smallest absolute Gasteiger partial charge is 0.276 e. The lowest BCUT2D eigenvalue weighted by Gasteiger charge is -2.11. The number of benzene rings is 1. The van der Waals surface area contributed by atoms with E-state index in [0.717, 1.165) is 25.0 Å². The van der Waals surface area contributed by atoms with Gasteiger partial charge in [0, 0.05) is 6.07 Å². The largest absolute Gasteiger partial charge is 0.493 e. The lowest BCUT2D eigenvalue weighted by Crippen LogP contribution is -2.08. The quantitative estimate of drug-likeness (QED) is 0.565. The van der Waals surface area contributed by atoms with E-state index in [0.29, 0.717) is 12.5 Å². The van der Waals surface area contributed by atoms with E-state index < -0.39 is 10.7 Å². The van der Waals surface area contributed by atoms with E-state index in [2.05, 4.69) is 6.92 Å². The van der Waals surface area contributed by atoms with E-state index in [4.69, 9.17) is 4.74 Å². The Hall–Kier alpha value is -1.65. The van der Waals surface area contributed by atoms with E-state index >= 15 is 0 Å². The minimum atomic E-state index is -0.655. The van der Waals surface area contributed by atoms with Crippen LogP contribution in [0.1, 0.15) is 26.7 Å². The first-order chi connectivity index (χ1) is 8.02. The summed E-state index contributed by atoms with van der Waals surface area (Å²) in [5.41, 5.74) is -0.289. The van der Waals surface area contributed by atoms with Crippen molar-refractivity contribution in [3.63, 3.8) is 0 Å². The number of nitrogens with zero attached hydrogens (tertiary/aromatic N) is 1. The van der Waals surface area contributed by atoms with Crippen molar-refractivity contribution in [2.45, 2.75) is 26.7 Å². The SMILES string of the molecule is CCCC(C)COc1cc(F)cc([N+](=O)[O-])c1. The lowest BCUT2D eigenvalue weighted by atomic mass is 10.1. The second kappa shape index (κ2) is 6.18. The van der Waals surface area contributed by atoms with Gasteiger partial charge in [-0.1, -0.05) is 20.3 Å². The van der Waals surface area contributed by atoms with Crippen LogP contribution in [-0.4, -0.2) is 11.5 Å². The molecule has 0 aliphatic carbocycles. The third-order valence-corrected chi connectivity index (χ3v) is 2.38. The molecule has 0 heterocycles. The number of nitro benzene ring substituents is 1. The molecule has 4 nitrogen and oxygen atoms in total. The van der Waals surface area contributed by atoms with Gasteiger partial charge in [-0.3, -0.25) is 10.1 Å². The van der Waals surface area contributed by atoms with Crippen molar-refractivity contribution in [2.75, 3.05) is 6.61 Å². The number of nitro groups is 1. The first-order valence-electron chi connectivity index (χ1n) is 5.60. The van der Waals surface area contributed by atoms with Crippen LogP contribution in [0.4, 0.5) is 10.1 Å². The summed E-state index contributed by atoms with van der Waals surface area (Å²) < 4.78 is 18.4. The van der Waals surface area contributed by atoms with Crippen LogP contribution in [0.5, 0.6) is 5.75 Å². The second-order valence-corrected chi connectivity index (χ2v) is 4.11. The summed E-state index contributed by atoms with van der Waals surface area (Å²) in [6.45, 7) is 4.54. The van der Waals surface area contributed by atoms with E-state index in [1.807, 2.05) is 6.92 Å². The summed E-state index contributed by atoms with van der Waals surface area (Å²) in [4.78, 5) is 9.90. The van der Waals surface area contributed by atoms with Crippen LogP contribution in [-0.2, 0) is 0 Å². The maximum absolute atomic E-state index is 13.1. The molecule has 0 radical (unpaired) electrons. The summed E-state index contributed by atoms with van der Waals surface area (Å²) in [5.74, 6) is -0.0979. The molecule has 1 aromatic carbocycles. The molecule has 1 atom stereocenters. The standard InChI is InChI=1S/C12H16FNO3/c1-3-4-9(2)8-17-12-6-10(13)5-11(7-12)14(15)16/h5-7,9H,3-4,8H2,1-2H3. The maximum Gasteiger partial charge on any atom is 0.276 e. The van der Waals surface area contributed by atoms with Gasteiger partial charge in [-0.05, 0) is 12.3 Å². The highest BCUT2D eigenvalue weighted by atomic mass is 19.1. The molecule has 1 rings (SSSR count). The van der Waals surface area contributed by atoms with Crippen LogP contribution in [0.25, 0.3) is 0 Å². The van der Waals surface area contributed by atoms with Crippen LogP contribution in [0, 0.1) is 21.8 Å². The molecule has 0 saturated carbocycles. The Kier molecular flexibility index (Phi) is 4.87. The molecule has 94 valence electrons. The Morgan fingerprint density at radius 3 is 2.76 bits per heavy atom. The van der Waals surface area contributed by atoms with Gasteiger partial charge in [0.05, 0.1) is 23.7 Å². The minimum absolute atomic E-state index is 0.208. The van der Waals surface area contributed by atoms with E-state index in [-0.39, 0.29) is 11.4 Å². The zero-order valence-corrected chi connectivity index (χ0v) is 9.98. The molecule has 0 aromatic heterocycles. The number of ether oxygens (including phenoxy) is 1. The fourth-order valence-corrected chi connectivity index (χ4v) is 1.55. The summed E-state index contributed by atoms with van der Waals surface area (Å²) in [7, 11) is 0. The second-order valence-electron chi connectivity index (χ2n) is 4.11. The normalized spacial score (nSPS) is 12.2. The Labute approximate surface area is 99.6 Å². The van der Waals surface area contributed by atoms with Crippen LogP contribution in [0.3, 0.4) is 0 Å². The molecule has 0 aliphatic heterocycles. The number of rotatable bonds is 6. The predicted octanol–water partition coefficient (Wildman–Crippen LogP) is 3.55. The monoisotopic (exact) mass is 241 g/mol. The first kappa shape index (κ1) is 13.4. The lowest BCUT2D eigenvalue weighted by molar-refractivity contribution is -0.385. The molecule has 0 aliphatic rings. The van der Waals surface area contributed by atoms with Crippen molar-refractivity contribution in [2.24, 2.45) is 5.92 Å². The molecular formula is C12H16FNO3. The molecular weight excluding hydrogens is 225 g/mol. The summed E-state index contributed by atoms with van der Waals surface area (Å²) in [6, 6.07) is 3.27. The molecule has 0 amide bonds. The Morgan fingerprint density at radius 2 is 2.18 bits per heavy atom. The van der Waals surface area contributed by atoms with Crippen molar-refractivity contribution >= 4 is 5.69 Å². The van der Waals surface area contributed by atoms with Crippen molar-refractivity contribution in [3.8, 4) is 5.75 Å². The van der Waals surface area contributed by atoms with Gasteiger partial charge in [0.25, 0.3) is 5.69 Å². The molecule has 1 unspecified atom stereocenters. The molecule has 0 spiro atoms. The molecule has 0 N–H and O–H groups in total. The number of hydrogen-bond donors (Lipinski definition) is 0. The van der Waals surface area contributed by atoms with Crippen LogP contribution >= 0.6 is 0 Å². The molecule has 5 heteroatoms. The van der Waals surface area contributed by atoms with Crippen molar-refractivity contribution < 1.29 is 14.1 Å². The summed E-state index contributed by atoms with van der Waals surface area (Å²) in [6.07, 6.45) is 2.06. The highest BCUT2D eigenvalue weighted by Gasteiger charge is 2.11. The van der Waals surface area contributed by atoms with E-state index in [9.17, 15) is 14.5 Å². The zero-order chi connectivity index (χ0) is 12.8. The molecule has 0 fully saturated rings. The number of hydrogen-bond acceptors (Lipinski definition) is 3. The Bertz CT molecular complexity index is 395. The first-order valence-corrected chi connectivity index (χ1v) is 5.60. The number of non-ortho nitro benzene ring substituents is 1. The average molecular weight is 241 g/mol. The predicted molar refractivity (Wildman–Crippen MR) is 62.6 cm³/mol. The third-order valence-electron chi connectivity index (χ3n) is 2.38. The van der Waals surface area contributed by atoms with Crippen LogP contribution in [0.2, 0.25) is 0 Å². The third kappa shape index (κ3) is 4.38. The van der Waals surface area contributed by atoms with Crippen molar-refractivity contribution in [1.82, 2.24) is 0 Å². The zero-order valence-electron chi connectivity index (χ0n) is 9.98. The molecule has 1 aromatic rings. The fourth-order valence-electron chi connectivity index (χ4n) is 1.55. The summed E-state index contributed by atoms with van der Waals surface area (Å²) in [5, 5.41) is 10.5. The Morgan fingerprint density at radius 1 is 1.47 bits per heavy atom.